The third kappa shape index (κ3) is 2.31. The monoisotopic (exact) mass is 271 g/mol. The Morgan fingerprint density at radius 1 is 1.44 bits per heavy atom. The van der Waals surface area contributed by atoms with Gasteiger partial charge >= 0.3 is 5.97 Å². The minimum Gasteiger partial charge on any atom is -0.481 e. The van der Waals surface area contributed by atoms with E-state index in [1.807, 2.05) is 0 Å². The molecule has 0 spiro atoms. The molecule has 96 valence electrons. The molecule has 1 aliphatic heterocycles. The number of benzene rings is 1. The fourth-order valence-electron chi connectivity index (χ4n) is 2.01. The zero-order valence-corrected chi connectivity index (χ0v) is 10.2. The SMILES string of the molecule is O=C(O)[C@@H]1CCN(C(=O)c2c(F)cccc2Cl)C1. The molecule has 1 fully saturated rings. The van der Waals surface area contributed by atoms with E-state index in [0.29, 0.717) is 13.0 Å². The summed E-state index contributed by atoms with van der Waals surface area (Å²) in [5.74, 6) is -2.77. The largest absolute Gasteiger partial charge is 0.481 e. The number of hydrogen-bond acceptors (Lipinski definition) is 2. The Hall–Kier alpha value is -1.62. The zero-order valence-electron chi connectivity index (χ0n) is 9.40. The second-order valence-electron chi connectivity index (χ2n) is 4.17. The van der Waals surface area contributed by atoms with E-state index in [9.17, 15) is 14.0 Å². The van der Waals surface area contributed by atoms with Crippen molar-refractivity contribution in [2.75, 3.05) is 13.1 Å². The van der Waals surface area contributed by atoms with Crippen LogP contribution < -0.4 is 0 Å². The van der Waals surface area contributed by atoms with E-state index in [0.717, 1.165) is 6.07 Å². The summed E-state index contributed by atoms with van der Waals surface area (Å²) in [6.45, 7) is 0.402. The summed E-state index contributed by atoms with van der Waals surface area (Å²) < 4.78 is 13.6. The summed E-state index contributed by atoms with van der Waals surface area (Å²) in [5, 5.41) is 8.89. The minimum absolute atomic E-state index is 0.0405. The van der Waals surface area contributed by atoms with Crippen LogP contribution in [0, 0.1) is 11.7 Å². The van der Waals surface area contributed by atoms with Gasteiger partial charge < -0.3 is 10.0 Å². The molecule has 1 aromatic carbocycles. The summed E-state index contributed by atoms with van der Waals surface area (Å²) in [7, 11) is 0. The first-order chi connectivity index (χ1) is 8.50. The van der Waals surface area contributed by atoms with Gasteiger partial charge in [0.1, 0.15) is 5.82 Å². The van der Waals surface area contributed by atoms with E-state index >= 15 is 0 Å². The molecule has 1 amide bonds. The number of nitrogens with zero attached hydrogens (tertiary/aromatic N) is 1. The molecule has 2 rings (SSSR count). The van der Waals surface area contributed by atoms with E-state index in [-0.39, 0.29) is 17.1 Å². The number of rotatable bonds is 2. The molecule has 0 aliphatic carbocycles. The molecule has 0 bridgehead atoms. The number of aliphatic carboxylic acids is 1. The van der Waals surface area contributed by atoms with Gasteiger partial charge in [-0.05, 0) is 18.6 Å². The van der Waals surface area contributed by atoms with E-state index in [1.165, 1.54) is 17.0 Å². The van der Waals surface area contributed by atoms with Crippen LogP contribution in [0.25, 0.3) is 0 Å². The molecule has 18 heavy (non-hydrogen) atoms. The highest BCUT2D eigenvalue weighted by atomic mass is 35.5. The fraction of sp³-hybridized carbons (Fsp3) is 0.333. The first-order valence-electron chi connectivity index (χ1n) is 5.47. The number of carboxylic acids is 1. The van der Waals surface area contributed by atoms with E-state index in [4.69, 9.17) is 16.7 Å². The van der Waals surface area contributed by atoms with Gasteiger partial charge in [0.25, 0.3) is 5.91 Å². The average molecular weight is 272 g/mol. The molecule has 1 N–H and O–H groups in total. The van der Waals surface area contributed by atoms with Crippen molar-refractivity contribution in [1.82, 2.24) is 4.90 Å². The summed E-state index contributed by atoms with van der Waals surface area (Å²) in [6.07, 6.45) is 0.382. The molecule has 1 saturated heterocycles. The van der Waals surface area contributed by atoms with E-state index < -0.39 is 23.6 Å². The number of halogens is 2. The van der Waals surface area contributed by atoms with Gasteiger partial charge in [-0.1, -0.05) is 17.7 Å². The average Bonchev–Trinajstić information content (AvgIpc) is 2.77. The Bertz CT molecular complexity index is 486. The topological polar surface area (TPSA) is 57.6 Å². The number of likely N-dealkylation sites (tertiary alicyclic amines) is 1. The molecule has 1 atom stereocenters. The predicted octanol–water partition coefficient (Wildman–Crippen LogP) is 2.03. The standard InChI is InChI=1S/C12H11ClFNO3/c13-8-2-1-3-9(14)10(8)11(16)15-5-4-7(6-15)12(17)18/h1-3,7H,4-6H2,(H,17,18)/t7-/m1/s1. The van der Waals surface area contributed by atoms with Crippen molar-refractivity contribution in [2.45, 2.75) is 6.42 Å². The summed E-state index contributed by atoms with van der Waals surface area (Å²) in [4.78, 5) is 24.2. The van der Waals surface area contributed by atoms with Crippen molar-refractivity contribution in [2.24, 2.45) is 5.92 Å². The molecule has 0 aromatic heterocycles. The van der Waals surface area contributed by atoms with Gasteiger partial charge in [-0.3, -0.25) is 9.59 Å². The maximum Gasteiger partial charge on any atom is 0.308 e. The molecular formula is C12H11ClFNO3. The molecule has 4 nitrogen and oxygen atoms in total. The van der Waals surface area contributed by atoms with Crippen molar-refractivity contribution < 1.29 is 19.1 Å². The third-order valence-electron chi connectivity index (χ3n) is 3.00. The predicted molar refractivity (Wildman–Crippen MR) is 63.1 cm³/mol. The second-order valence-corrected chi connectivity index (χ2v) is 4.58. The molecule has 0 radical (unpaired) electrons. The van der Waals surface area contributed by atoms with E-state index in [2.05, 4.69) is 0 Å². The van der Waals surface area contributed by atoms with Crippen LogP contribution in [0.3, 0.4) is 0 Å². The number of carbonyl (C=O) groups is 2. The van der Waals surface area contributed by atoms with Crippen molar-refractivity contribution in [3.05, 3.63) is 34.6 Å². The molecule has 0 unspecified atom stereocenters. The lowest BCUT2D eigenvalue weighted by molar-refractivity contribution is -0.141. The highest BCUT2D eigenvalue weighted by Gasteiger charge is 2.32. The normalized spacial score (nSPS) is 19.0. The van der Waals surface area contributed by atoms with Crippen LogP contribution in [0.15, 0.2) is 18.2 Å². The molecule has 1 heterocycles. The molecule has 1 aromatic rings. The zero-order chi connectivity index (χ0) is 13.3. The summed E-state index contributed by atoms with van der Waals surface area (Å²) >= 11 is 5.80. The van der Waals surface area contributed by atoms with Crippen LogP contribution in [0.5, 0.6) is 0 Å². The Morgan fingerprint density at radius 3 is 2.72 bits per heavy atom. The van der Waals surface area contributed by atoms with Crippen LogP contribution in [0.2, 0.25) is 5.02 Å². The molecule has 0 saturated carbocycles. The Balaban J connectivity index is 2.21. The van der Waals surface area contributed by atoms with Gasteiger partial charge in [-0.15, -0.1) is 0 Å². The van der Waals surface area contributed by atoms with Crippen LogP contribution in [-0.2, 0) is 4.79 Å². The fourth-order valence-corrected chi connectivity index (χ4v) is 2.25. The molecule has 1 aliphatic rings. The van der Waals surface area contributed by atoms with Crippen LogP contribution in [0.1, 0.15) is 16.8 Å². The first kappa shape index (κ1) is 12.8. The third-order valence-corrected chi connectivity index (χ3v) is 3.32. The number of carboxylic acid groups (broad SMARTS) is 1. The van der Waals surface area contributed by atoms with Crippen molar-refractivity contribution in [3.8, 4) is 0 Å². The van der Waals surface area contributed by atoms with Crippen LogP contribution >= 0.6 is 11.6 Å². The Labute approximate surface area is 108 Å². The highest BCUT2D eigenvalue weighted by molar-refractivity contribution is 6.33. The Morgan fingerprint density at radius 2 is 2.17 bits per heavy atom. The number of carbonyl (C=O) groups excluding carboxylic acids is 1. The summed E-state index contributed by atoms with van der Waals surface area (Å²) in [5.41, 5.74) is -0.190. The molecular weight excluding hydrogens is 261 g/mol. The van der Waals surface area contributed by atoms with Crippen molar-refractivity contribution >= 4 is 23.5 Å². The lowest BCUT2D eigenvalue weighted by Gasteiger charge is -2.16. The lowest BCUT2D eigenvalue weighted by atomic mass is 10.1. The van der Waals surface area contributed by atoms with Gasteiger partial charge in [-0.2, -0.15) is 0 Å². The highest BCUT2D eigenvalue weighted by Crippen LogP contribution is 2.24. The minimum atomic E-state index is -0.940. The van der Waals surface area contributed by atoms with Gasteiger partial charge in [0, 0.05) is 13.1 Å². The quantitative estimate of drug-likeness (QED) is 0.895. The van der Waals surface area contributed by atoms with E-state index in [1.54, 1.807) is 0 Å². The maximum atomic E-state index is 13.6. The Kier molecular flexibility index (Phi) is 3.52. The molecule has 6 heteroatoms. The lowest BCUT2D eigenvalue weighted by Crippen LogP contribution is -2.30. The number of amides is 1. The van der Waals surface area contributed by atoms with Crippen molar-refractivity contribution in [3.63, 3.8) is 0 Å². The van der Waals surface area contributed by atoms with Gasteiger partial charge in [0.2, 0.25) is 0 Å². The number of hydrogen-bond donors (Lipinski definition) is 1. The van der Waals surface area contributed by atoms with Gasteiger partial charge in [-0.25, -0.2) is 4.39 Å². The first-order valence-corrected chi connectivity index (χ1v) is 5.84. The van der Waals surface area contributed by atoms with Gasteiger partial charge in [0.15, 0.2) is 0 Å². The second kappa shape index (κ2) is 4.94. The van der Waals surface area contributed by atoms with Crippen molar-refractivity contribution in [1.29, 1.82) is 0 Å². The van der Waals surface area contributed by atoms with Crippen LogP contribution in [-0.4, -0.2) is 35.0 Å². The summed E-state index contributed by atoms with van der Waals surface area (Å²) in [6, 6.07) is 4.00. The smallest absolute Gasteiger partial charge is 0.308 e. The van der Waals surface area contributed by atoms with Gasteiger partial charge in [0.05, 0.1) is 16.5 Å². The van der Waals surface area contributed by atoms with Crippen LogP contribution in [0.4, 0.5) is 4.39 Å². The maximum absolute atomic E-state index is 13.6.